The largest absolute Gasteiger partial charge is 0.299 e. The van der Waals surface area contributed by atoms with Crippen molar-refractivity contribution in [2.75, 3.05) is 13.1 Å². The maximum absolute atomic E-state index is 6.05. The summed E-state index contributed by atoms with van der Waals surface area (Å²) in [5.41, 5.74) is 1.30. The van der Waals surface area contributed by atoms with Crippen LogP contribution in [0.15, 0.2) is 11.4 Å². The number of thiophene rings is 1. The molecule has 1 aromatic rings. The van der Waals surface area contributed by atoms with Crippen LogP contribution >= 0.6 is 22.9 Å². The minimum Gasteiger partial charge on any atom is -0.299 e. The van der Waals surface area contributed by atoms with Gasteiger partial charge in [0.25, 0.3) is 0 Å². The van der Waals surface area contributed by atoms with Gasteiger partial charge in [0, 0.05) is 6.54 Å². The van der Waals surface area contributed by atoms with Gasteiger partial charge < -0.3 is 0 Å². The summed E-state index contributed by atoms with van der Waals surface area (Å²) in [5, 5.41) is 2.07. The lowest BCUT2D eigenvalue weighted by molar-refractivity contribution is 0.221. The fraction of sp³-hybridized carbons (Fsp3) is 0.600. The van der Waals surface area contributed by atoms with Gasteiger partial charge in [0.2, 0.25) is 0 Å². The molecule has 2 rings (SSSR count). The second-order valence-corrected chi connectivity index (χ2v) is 5.07. The monoisotopic (exact) mass is 215 g/mol. The van der Waals surface area contributed by atoms with Gasteiger partial charge in [-0.3, -0.25) is 4.90 Å². The number of hydrogen-bond acceptors (Lipinski definition) is 2. The lowest BCUT2D eigenvalue weighted by Gasteiger charge is -2.26. The highest BCUT2D eigenvalue weighted by molar-refractivity contribution is 7.14. The molecule has 1 nitrogen and oxygen atoms in total. The van der Waals surface area contributed by atoms with E-state index in [4.69, 9.17) is 11.6 Å². The molecule has 72 valence electrons. The average molecular weight is 216 g/mol. The first-order valence-electron chi connectivity index (χ1n) is 4.80. The average Bonchev–Trinajstić information content (AvgIpc) is 2.54. The standard InChI is InChI=1S/C10H14ClNS/c11-10-9(4-7-13-10)8-12-5-2-1-3-6-12/h4,7H,1-3,5-6,8H2. The van der Waals surface area contributed by atoms with Crippen molar-refractivity contribution in [1.29, 1.82) is 0 Å². The minimum atomic E-state index is 0.963. The van der Waals surface area contributed by atoms with Gasteiger partial charge in [-0.2, -0.15) is 0 Å². The Kier molecular flexibility index (Phi) is 3.25. The highest BCUT2D eigenvalue weighted by Gasteiger charge is 2.12. The molecule has 1 fully saturated rings. The summed E-state index contributed by atoms with van der Waals surface area (Å²) in [4.78, 5) is 2.50. The van der Waals surface area contributed by atoms with E-state index in [2.05, 4.69) is 16.3 Å². The normalized spacial score (nSPS) is 19.2. The number of rotatable bonds is 2. The number of hydrogen-bond donors (Lipinski definition) is 0. The van der Waals surface area contributed by atoms with E-state index in [1.54, 1.807) is 11.3 Å². The fourth-order valence-corrected chi connectivity index (χ4v) is 2.70. The van der Waals surface area contributed by atoms with Gasteiger partial charge >= 0.3 is 0 Å². The van der Waals surface area contributed by atoms with Crippen LogP contribution in [-0.4, -0.2) is 18.0 Å². The third-order valence-electron chi connectivity index (χ3n) is 2.54. The Labute approximate surface area is 88.3 Å². The van der Waals surface area contributed by atoms with E-state index < -0.39 is 0 Å². The van der Waals surface area contributed by atoms with Gasteiger partial charge in [-0.1, -0.05) is 18.0 Å². The molecule has 13 heavy (non-hydrogen) atoms. The summed E-state index contributed by atoms with van der Waals surface area (Å²) >= 11 is 7.68. The third-order valence-corrected chi connectivity index (χ3v) is 3.79. The molecule has 0 bridgehead atoms. The smallest absolute Gasteiger partial charge is 0.0973 e. The number of likely N-dealkylation sites (tertiary alicyclic amines) is 1. The van der Waals surface area contributed by atoms with Crippen LogP contribution in [0.2, 0.25) is 4.34 Å². The maximum atomic E-state index is 6.05. The predicted molar refractivity (Wildman–Crippen MR) is 58.5 cm³/mol. The van der Waals surface area contributed by atoms with Crippen LogP contribution in [0.25, 0.3) is 0 Å². The van der Waals surface area contributed by atoms with Crippen molar-refractivity contribution in [3.8, 4) is 0 Å². The van der Waals surface area contributed by atoms with Gasteiger partial charge in [0.1, 0.15) is 0 Å². The van der Waals surface area contributed by atoms with Crippen LogP contribution in [0, 0.1) is 0 Å². The molecule has 1 saturated heterocycles. The van der Waals surface area contributed by atoms with Crippen LogP contribution in [0.3, 0.4) is 0 Å². The fourth-order valence-electron chi connectivity index (χ4n) is 1.79. The molecule has 0 unspecified atom stereocenters. The Bertz CT molecular complexity index is 266. The van der Waals surface area contributed by atoms with Crippen LogP contribution in [0.5, 0.6) is 0 Å². The van der Waals surface area contributed by atoms with Crippen LogP contribution in [0.4, 0.5) is 0 Å². The first kappa shape index (κ1) is 9.50. The van der Waals surface area contributed by atoms with Crippen LogP contribution < -0.4 is 0 Å². The molecule has 0 N–H and O–H groups in total. The van der Waals surface area contributed by atoms with Crippen LogP contribution in [0.1, 0.15) is 24.8 Å². The first-order chi connectivity index (χ1) is 6.36. The maximum Gasteiger partial charge on any atom is 0.0973 e. The summed E-state index contributed by atoms with van der Waals surface area (Å²) in [6.07, 6.45) is 4.09. The molecule has 1 aliphatic rings. The molecule has 3 heteroatoms. The Morgan fingerprint density at radius 2 is 2.08 bits per heavy atom. The number of nitrogens with zero attached hydrogens (tertiary/aromatic N) is 1. The zero-order chi connectivity index (χ0) is 9.10. The zero-order valence-electron chi connectivity index (χ0n) is 7.63. The van der Waals surface area contributed by atoms with E-state index in [9.17, 15) is 0 Å². The molecule has 0 atom stereocenters. The summed E-state index contributed by atoms with van der Waals surface area (Å²) in [6.45, 7) is 3.53. The minimum absolute atomic E-state index is 0.963. The van der Waals surface area contributed by atoms with Gasteiger partial charge in [-0.15, -0.1) is 11.3 Å². The van der Waals surface area contributed by atoms with Gasteiger partial charge in [0.05, 0.1) is 4.34 Å². The van der Waals surface area contributed by atoms with Gasteiger partial charge in [-0.25, -0.2) is 0 Å². The first-order valence-corrected chi connectivity index (χ1v) is 6.06. The summed E-state index contributed by atoms with van der Waals surface area (Å²) < 4.78 is 0.963. The van der Waals surface area contributed by atoms with Gasteiger partial charge in [0.15, 0.2) is 0 Å². The summed E-state index contributed by atoms with van der Waals surface area (Å²) in [7, 11) is 0. The van der Waals surface area contributed by atoms with Crippen molar-refractivity contribution in [1.82, 2.24) is 4.90 Å². The lowest BCUT2D eigenvalue weighted by Crippen LogP contribution is -2.28. The zero-order valence-corrected chi connectivity index (χ0v) is 9.20. The van der Waals surface area contributed by atoms with Crippen molar-refractivity contribution in [2.45, 2.75) is 25.8 Å². The number of piperidine rings is 1. The third kappa shape index (κ3) is 2.46. The molecule has 0 amide bonds. The van der Waals surface area contributed by atoms with Crippen molar-refractivity contribution in [2.24, 2.45) is 0 Å². The van der Waals surface area contributed by atoms with E-state index in [1.807, 2.05) is 0 Å². The topological polar surface area (TPSA) is 3.24 Å². The molecule has 0 saturated carbocycles. The second-order valence-electron chi connectivity index (χ2n) is 3.56. The molecular weight excluding hydrogens is 202 g/mol. The number of halogens is 1. The van der Waals surface area contributed by atoms with Crippen molar-refractivity contribution in [3.05, 3.63) is 21.3 Å². The highest BCUT2D eigenvalue weighted by atomic mass is 35.5. The van der Waals surface area contributed by atoms with Crippen molar-refractivity contribution in [3.63, 3.8) is 0 Å². The SMILES string of the molecule is Clc1sccc1CN1CCCCC1. The molecule has 2 heterocycles. The van der Waals surface area contributed by atoms with E-state index in [0.29, 0.717) is 0 Å². The van der Waals surface area contributed by atoms with Crippen molar-refractivity contribution < 1.29 is 0 Å². The molecule has 0 radical (unpaired) electrons. The molecule has 1 aromatic heterocycles. The Morgan fingerprint density at radius 3 is 2.69 bits per heavy atom. The lowest BCUT2D eigenvalue weighted by atomic mass is 10.1. The molecular formula is C10H14ClNS. The van der Waals surface area contributed by atoms with Crippen LogP contribution in [-0.2, 0) is 6.54 Å². The second kappa shape index (κ2) is 4.45. The van der Waals surface area contributed by atoms with E-state index in [0.717, 1.165) is 10.9 Å². The molecule has 0 aromatic carbocycles. The Hall–Kier alpha value is -0.0500. The molecule has 0 spiro atoms. The highest BCUT2D eigenvalue weighted by Crippen LogP contribution is 2.24. The van der Waals surface area contributed by atoms with E-state index >= 15 is 0 Å². The molecule has 1 aliphatic heterocycles. The Balaban J connectivity index is 1.93. The van der Waals surface area contributed by atoms with E-state index in [1.165, 1.54) is 37.9 Å². The summed E-state index contributed by atoms with van der Waals surface area (Å²) in [5.74, 6) is 0. The predicted octanol–water partition coefficient (Wildman–Crippen LogP) is 3.39. The molecule has 0 aliphatic carbocycles. The Morgan fingerprint density at radius 1 is 1.31 bits per heavy atom. The quantitative estimate of drug-likeness (QED) is 0.731. The van der Waals surface area contributed by atoms with E-state index in [-0.39, 0.29) is 0 Å². The van der Waals surface area contributed by atoms with Gasteiger partial charge in [-0.05, 0) is 42.9 Å². The van der Waals surface area contributed by atoms with Crippen molar-refractivity contribution >= 4 is 22.9 Å². The summed E-state index contributed by atoms with van der Waals surface area (Å²) in [6, 6.07) is 2.14.